The van der Waals surface area contributed by atoms with Gasteiger partial charge in [0, 0.05) is 34.5 Å². The Morgan fingerprint density at radius 3 is 2.67 bits per heavy atom. The van der Waals surface area contributed by atoms with Crippen LogP contribution >= 0.6 is 0 Å². The Kier molecular flexibility index (Phi) is 4.74. The molecule has 0 spiro atoms. The first-order valence-electron chi connectivity index (χ1n) is 11.9. The zero-order valence-electron chi connectivity index (χ0n) is 19.8. The SMILES string of the molecule is CCc1c2c(nc3ccc(O)c(Cn4cc[nH]c4=O)c13)-c1cc3c(c(=O)n1C2)COC(=O)[C@]3(O)CC. The Morgan fingerprint density at radius 1 is 1.17 bits per heavy atom. The van der Waals surface area contributed by atoms with Crippen molar-refractivity contribution in [3.05, 3.63) is 79.2 Å². The molecule has 1 atom stereocenters. The minimum Gasteiger partial charge on any atom is -0.508 e. The highest BCUT2D eigenvalue weighted by Crippen LogP contribution is 2.41. The molecule has 0 unspecified atom stereocenters. The Labute approximate surface area is 204 Å². The smallest absolute Gasteiger partial charge is 0.343 e. The molecule has 10 heteroatoms. The number of ether oxygens (including phenoxy) is 1. The monoisotopic (exact) mass is 488 g/mol. The Balaban J connectivity index is 1.62. The summed E-state index contributed by atoms with van der Waals surface area (Å²) in [7, 11) is 0. The van der Waals surface area contributed by atoms with Crippen LogP contribution in [0.4, 0.5) is 0 Å². The molecule has 3 N–H and O–H groups in total. The van der Waals surface area contributed by atoms with Gasteiger partial charge in [0.1, 0.15) is 12.4 Å². The van der Waals surface area contributed by atoms with Crippen molar-refractivity contribution in [3.63, 3.8) is 0 Å². The third-order valence-corrected chi connectivity index (χ3v) is 7.46. The molecule has 0 bridgehead atoms. The first-order chi connectivity index (χ1) is 17.3. The van der Waals surface area contributed by atoms with Gasteiger partial charge in [0.25, 0.3) is 5.56 Å². The topological polar surface area (TPSA) is 139 Å². The molecule has 184 valence electrons. The molecule has 6 rings (SSSR count). The minimum atomic E-state index is -1.89. The van der Waals surface area contributed by atoms with Crippen molar-refractivity contribution in [1.82, 2.24) is 19.1 Å². The Hall–Kier alpha value is -4.18. The van der Waals surface area contributed by atoms with E-state index < -0.39 is 11.6 Å². The maximum Gasteiger partial charge on any atom is 0.343 e. The summed E-state index contributed by atoms with van der Waals surface area (Å²) < 4.78 is 8.22. The van der Waals surface area contributed by atoms with E-state index in [1.54, 1.807) is 35.9 Å². The van der Waals surface area contributed by atoms with Gasteiger partial charge in [0.2, 0.25) is 0 Å². The number of H-pyrrole nitrogens is 1. The van der Waals surface area contributed by atoms with Crippen LogP contribution in [0.3, 0.4) is 0 Å². The quantitative estimate of drug-likeness (QED) is 0.328. The van der Waals surface area contributed by atoms with E-state index in [9.17, 15) is 24.6 Å². The summed E-state index contributed by atoms with van der Waals surface area (Å²) in [6.45, 7) is 3.89. The number of nitrogens with one attached hydrogen (secondary N) is 1. The summed E-state index contributed by atoms with van der Waals surface area (Å²) >= 11 is 0. The fraction of sp³-hybridized carbons (Fsp3) is 0.308. The predicted octanol–water partition coefficient (Wildman–Crippen LogP) is 1.89. The standard InChI is InChI=1S/C26H24N4O6/c1-3-13-14-11-30-19(9-17-16(23(30)32)12-36-24(33)26(17,35)4-2)22(14)28-18-5-6-20(31)15(21(13)18)10-29-8-7-27-25(29)34/h5-9,31,35H,3-4,10-12H2,1-2H3,(H,27,34)/t26-/m0/s1. The average molecular weight is 489 g/mol. The molecule has 2 aliphatic rings. The van der Waals surface area contributed by atoms with E-state index in [4.69, 9.17) is 9.72 Å². The lowest BCUT2D eigenvalue weighted by Crippen LogP contribution is -2.44. The molecule has 0 fully saturated rings. The van der Waals surface area contributed by atoms with Crippen LogP contribution < -0.4 is 11.2 Å². The van der Waals surface area contributed by atoms with E-state index in [0.29, 0.717) is 28.9 Å². The van der Waals surface area contributed by atoms with Gasteiger partial charge in [-0.15, -0.1) is 0 Å². The molecule has 5 heterocycles. The number of esters is 1. The number of phenols is 1. The number of carbonyl (C=O) groups excluding carboxylic acids is 1. The van der Waals surface area contributed by atoms with Crippen LogP contribution in [0, 0.1) is 0 Å². The van der Waals surface area contributed by atoms with E-state index in [1.165, 1.54) is 10.8 Å². The van der Waals surface area contributed by atoms with Gasteiger partial charge in [0.15, 0.2) is 5.60 Å². The number of carbonyl (C=O) groups is 1. The van der Waals surface area contributed by atoms with Crippen molar-refractivity contribution in [2.45, 2.75) is 52.0 Å². The van der Waals surface area contributed by atoms with Gasteiger partial charge in [-0.05, 0) is 36.6 Å². The second kappa shape index (κ2) is 7.66. The number of aliphatic hydroxyl groups is 1. The Morgan fingerprint density at radius 2 is 1.97 bits per heavy atom. The van der Waals surface area contributed by atoms with Crippen molar-refractivity contribution < 1.29 is 19.7 Å². The highest BCUT2D eigenvalue weighted by molar-refractivity contribution is 5.92. The van der Waals surface area contributed by atoms with E-state index in [-0.39, 0.29) is 54.2 Å². The number of hydrogen-bond acceptors (Lipinski definition) is 7. The summed E-state index contributed by atoms with van der Waals surface area (Å²) in [5.74, 6) is -0.709. The molecule has 4 aromatic rings. The summed E-state index contributed by atoms with van der Waals surface area (Å²) in [5.41, 5.74) is 2.11. The lowest BCUT2D eigenvalue weighted by atomic mass is 9.86. The van der Waals surface area contributed by atoms with E-state index in [0.717, 1.165) is 16.5 Å². The number of imidazole rings is 1. The van der Waals surface area contributed by atoms with Crippen molar-refractivity contribution in [2.24, 2.45) is 0 Å². The number of aromatic nitrogens is 4. The summed E-state index contributed by atoms with van der Waals surface area (Å²) in [5, 5.41) is 22.6. The summed E-state index contributed by atoms with van der Waals surface area (Å²) in [6.07, 6.45) is 3.83. The maximum absolute atomic E-state index is 13.5. The number of aromatic hydroxyl groups is 1. The van der Waals surface area contributed by atoms with Gasteiger partial charge < -0.3 is 24.5 Å². The zero-order valence-corrected chi connectivity index (χ0v) is 19.8. The van der Waals surface area contributed by atoms with Crippen LogP contribution in [0.5, 0.6) is 5.75 Å². The molecule has 0 saturated carbocycles. The van der Waals surface area contributed by atoms with E-state index >= 15 is 0 Å². The number of nitrogens with zero attached hydrogens (tertiary/aromatic N) is 3. The highest BCUT2D eigenvalue weighted by atomic mass is 16.6. The fourth-order valence-corrected chi connectivity index (χ4v) is 5.52. The van der Waals surface area contributed by atoms with Crippen molar-refractivity contribution in [1.29, 1.82) is 0 Å². The number of aryl methyl sites for hydroxylation is 1. The number of pyridine rings is 2. The summed E-state index contributed by atoms with van der Waals surface area (Å²) in [4.78, 5) is 45.5. The first kappa shape index (κ1) is 22.3. The maximum atomic E-state index is 13.5. The number of aromatic amines is 1. The summed E-state index contributed by atoms with van der Waals surface area (Å²) in [6, 6.07) is 4.95. The van der Waals surface area contributed by atoms with Crippen LogP contribution in [0.15, 0.2) is 40.2 Å². The number of rotatable bonds is 4. The second-order valence-corrected chi connectivity index (χ2v) is 9.22. The van der Waals surface area contributed by atoms with Crippen molar-refractivity contribution in [3.8, 4) is 17.1 Å². The number of cyclic esters (lactones) is 1. The predicted molar refractivity (Wildman–Crippen MR) is 130 cm³/mol. The van der Waals surface area contributed by atoms with Gasteiger partial charge in [-0.3, -0.25) is 9.36 Å². The number of fused-ring (bicyclic) bond motifs is 5. The molecule has 0 amide bonds. The number of benzene rings is 1. The van der Waals surface area contributed by atoms with Gasteiger partial charge >= 0.3 is 11.7 Å². The molecule has 1 aromatic carbocycles. The second-order valence-electron chi connectivity index (χ2n) is 9.22. The van der Waals surface area contributed by atoms with Gasteiger partial charge in [-0.2, -0.15) is 0 Å². The highest BCUT2D eigenvalue weighted by Gasteiger charge is 2.45. The molecule has 36 heavy (non-hydrogen) atoms. The molecule has 0 saturated heterocycles. The first-order valence-corrected chi connectivity index (χ1v) is 11.9. The molecule has 2 aliphatic heterocycles. The normalized spacial score (nSPS) is 18.1. The van der Waals surface area contributed by atoms with Gasteiger partial charge in [-0.25, -0.2) is 14.6 Å². The lowest BCUT2D eigenvalue weighted by molar-refractivity contribution is -0.172. The van der Waals surface area contributed by atoms with Crippen LogP contribution in [-0.2, 0) is 41.2 Å². The van der Waals surface area contributed by atoms with Crippen LogP contribution in [0.2, 0.25) is 0 Å². The van der Waals surface area contributed by atoms with Crippen molar-refractivity contribution in [2.75, 3.05) is 0 Å². The lowest BCUT2D eigenvalue weighted by Gasteiger charge is -2.31. The van der Waals surface area contributed by atoms with Gasteiger partial charge in [0.05, 0.1) is 35.6 Å². The number of hydrogen-bond donors (Lipinski definition) is 3. The molecule has 0 radical (unpaired) electrons. The van der Waals surface area contributed by atoms with Crippen LogP contribution in [-0.4, -0.2) is 35.3 Å². The van der Waals surface area contributed by atoms with Crippen molar-refractivity contribution >= 4 is 16.9 Å². The molecule has 10 nitrogen and oxygen atoms in total. The van der Waals surface area contributed by atoms with Gasteiger partial charge in [-0.1, -0.05) is 13.8 Å². The Bertz CT molecular complexity index is 1710. The number of phenolic OH excluding ortho intramolecular Hbond substituents is 1. The molecular formula is C26H24N4O6. The third kappa shape index (κ3) is 2.87. The van der Waals surface area contributed by atoms with Crippen LogP contribution in [0.25, 0.3) is 22.3 Å². The van der Waals surface area contributed by atoms with E-state index in [1.807, 2.05) is 6.92 Å². The molecule has 3 aromatic heterocycles. The zero-order chi connectivity index (χ0) is 25.4. The minimum absolute atomic E-state index is 0.0545. The third-order valence-electron chi connectivity index (χ3n) is 7.46. The average Bonchev–Trinajstić information content (AvgIpc) is 3.45. The van der Waals surface area contributed by atoms with Crippen LogP contribution in [0.1, 0.15) is 48.1 Å². The molecular weight excluding hydrogens is 464 g/mol. The fourth-order valence-electron chi connectivity index (χ4n) is 5.52. The largest absolute Gasteiger partial charge is 0.508 e. The molecule has 0 aliphatic carbocycles. The van der Waals surface area contributed by atoms with E-state index in [2.05, 4.69) is 4.98 Å².